The van der Waals surface area contributed by atoms with Crippen LogP contribution >= 0.6 is 34.7 Å². The molecule has 0 saturated carbocycles. The Hall–Kier alpha value is -2.88. The van der Waals surface area contributed by atoms with Gasteiger partial charge in [-0.2, -0.15) is 0 Å². The highest BCUT2D eigenvalue weighted by atomic mass is 35.5. The van der Waals surface area contributed by atoms with Gasteiger partial charge in [0.05, 0.1) is 24.0 Å². The lowest BCUT2D eigenvalue weighted by molar-refractivity contribution is -0.142. The minimum absolute atomic E-state index is 0.0677. The van der Waals surface area contributed by atoms with E-state index in [1.54, 1.807) is 55.6 Å². The molecule has 2 N–H and O–H groups in total. The Morgan fingerprint density at radius 1 is 1.15 bits per heavy atom. The highest BCUT2D eigenvalue weighted by Crippen LogP contribution is 2.27. The molecule has 3 aromatic rings. The second-order valence-corrected chi connectivity index (χ2v) is 9.58. The molecule has 33 heavy (non-hydrogen) atoms. The molecule has 0 aliphatic carbocycles. The van der Waals surface area contributed by atoms with Crippen LogP contribution in [-0.2, 0) is 20.7 Å². The zero-order valence-corrected chi connectivity index (χ0v) is 20.4. The number of nitrogens with zero attached hydrogens (tertiary/aromatic N) is 1. The fourth-order valence-electron chi connectivity index (χ4n) is 2.75. The van der Waals surface area contributed by atoms with Crippen molar-refractivity contribution in [3.8, 4) is 0 Å². The predicted molar refractivity (Wildman–Crippen MR) is 132 cm³/mol. The molecular formula is C23H22ClN3O4S2. The van der Waals surface area contributed by atoms with Gasteiger partial charge in [-0.25, -0.2) is 4.98 Å². The first-order valence-electron chi connectivity index (χ1n) is 10.1. The quantitative estimate of drug-likeness (QED) is 0.305. The Morgan fingerprint density at radius 3 is 2.70 bits per heavy atom. The van der Waals surface area contributed by atoms with Gasteiger partial charge in [0, 0.05) is 26.5 Å². The zero-order chi connectivity index (χ0) is 23.8. The second-order valence-electron chi connectivity index (χ2n) is 6.87. The van der Waals surface area contributed by atoms with Crippen molar-refractivity contribution in [1.29, 1.82) is 0 Å². The summed E-state index contributed by atoms with van der Waals surface area (Å²) in [7, 11) is 0. The summed E-state index contributed by atoms with van der Waals surface area (Å²) in [6, 6.07) is 14.0. The molecule has 0 saturated heterocycles. The van der Waals surface area contributed by atoms with Crippen LogP contribution in [0, 0.1) is 0 Å². The Labute approximate surface area is 204 Å². The maximum absolute atomic E-state index is 12.6. The van der Waals surface area contributed by atoms with Crippen molar-refractivity contribution in [1.82, 2.24) is 4.98 Å². The summed E-state index contributed by atoms with van der Waals surface area (Å²) in [5, 5.41) is 7.83. The number of carbonyl (C=O) groups is 3. The van der Waals surface area contributed by atoms with Crippen molar-refractivity contribution in [2.45, 2.75) is 30.4 Å². The molecule has 1 aromatic heterocycles. The SMILES string of the molecule is CCOC(=O)Cc1csc(NC(=O)C(C)Sc2cccc(NC(=O)c3cccc(Cl)c3)c2)n1. The van der Waals surface area contributed by atoms with Gasteiger partial charge in [-0.1, -0.05) is 23.7 Å². The number of hydrogen-bond donors (Lipinski definition) is 2. The number of nitrogens with one attached hydrogen (secondary N) is 2. The number of hydrogen-bond acceptors (Lipinski definition) is 7. The third kappa shape index (κ3) is 7.59. The van der Waals surface area contributed by atoms with Gasteiger partial charge in [0.1, 0.15) is 0 Å². The molecule has 172 valence electrons. The van der Waals surface area contributed by atoms with Crippen molar-refractivity contribution in [3.63, 3.8) is 0 Å². The van der Waals surface area contributed by atoms with Crippen LogP contribution in [0.15, 0.2) is 58.8 Å². The van der Waals surface area contributed by atoms with Gasteiger partial charge in [0.2, 0.25) is 5.91 Å². The maximum Gasteiger partial charge on any atom is 0.311 e. The van der Waals surface area contributed by atoms with Gasteiger partial charge in [-0.15, -0.1) is 23.1 Å². The highest BCUT2D eigenvalue weighted by Gasteiger charge is 2.17. The Balaban J connectivity index is 1.56. The smallest absolute Gasteiger partial charge is 0.311 e. The largest absolute Gasteiger partial charge is 0.466 e. The fraction of sp³-hybridized carbons (Fsp3) is 0.217. The van der Waals surface area contributed by atoms with Gasteiger partial charge in [-0.3, -0.25) is 14.4 Å². The maximum atomic E-state index is 12.6. The molecule has 7 nitrogen and oxygen atoms in total. The van der Waals surface area contributed by atoms with Crippen LogP contribution < -0.4 is 10.6 Å². The van der Waals surface area contributed by atoms with Crippen molar-refractivity contribution in [2.24, 2.45) is 0 Å². The normalized spacial score (nSPS) is 11.5. The van der Waals surface area contributed by atoms with E-state index in [0.29, 0.717) is 33.7 Å². The molecule has 0 fully saturated rings. The number of aromatic nitrogens is 1. The van der Waals surface area contributed by atoms with Crippen molar-refractivity contribution in [3.05, 3.63) is 70.2 Å². The number of rotatable bonds is 9. The number of halogens is 1. The Kier molecular flexibility index (Phi) is 8.87. The van der Waals surface area contributed by atoms with E-state index in [4.69, 9.17) is 16.3 Å². The minimum atomic E-state index is -0.415. The molecule has 0 spiro atoms. The van der Waals surface area contributed by atoms with Crippen molar-refractivity contribution in [2.75, 3.05) is 17.2 Å². The molecule has 3 rings (SSSR count). The summed E-state index contributed by atoms with van der Waals surface area (Å²) in [6.07, 6.45) is 0.0677. The highest BCUT2D eigenvalue weighted by molar-refractivity contribution is 8.00. The second kappa shape index (κ2) is 11.8. The molecule has 1 unspecified atom stereocenters. The van der Waals surface area contributed by atoms with Gasteiger partial charge >= 0.3 is 5.97 Å². The van der Waals surface area contributed by atoms with Gasteiger partial charge < -0.3 is 15.4 Å². The lowest BCUT2D eigenvalue weighted by Gasteiger charge is -2.12. The Bertz CT molecular complexity index is 1150. The molecule has 2 amide bonds. The number of thioether (sulfide) groups is 1. The van der Waals surface area contributed by atoms with E-state index in [0.717, 1.165) is 4.90 Å². The molecule has 0 bridgehead atoms. The van der Waals surface area contributed by atoms with E-state index >= 15 is 0 Å². The topological polar surface area (TPSA) is 97.4 Å². The molecule has 2 aromatic carbocycles. The van der Waals surface area contributed by atoms with E-state index in [1.165, 1.54) is 23.1 Å². The van der Waals surface area contributed by atoms with Crippen LogP contribution in [0.25, 0.3) is 0 Å². The number of thiazole rings is 1. The molecule has 0 aliphatic heterocycles. The lowest BCUT2D eigenvalue weighted by Crippen LogP contribution is -2.22. The molecule has 0 radical (unpaired) electrons. The lowest BCUT2D eigenvalue weighted by atomic mass is 10.2. The standard InChI is InChI=1S/C23H22ClN3O4S2/c1-3-31-20(28)12-18-13-32-23(26-18)27-21(29)14(2)33-19-9-5-8-17(11-19)25-22(30)15-6-4-7-16(24)10-15/h4-11,13-14H,3,12H2,1-2H3,(H,25,30)(H,26,27,29). The summed E-state index contributed by atoms with van der Waals surface area (Å²) in [6.45, 7) is 3.84. The van der Waals surface area contributed by atoms with Crippen molar-refractivity contribution >= 4 is 63.3 Å². The van der Waals surface area contributed by atoms with E-state index in [9.17, 15) is 14.4 Å². The first kappa shape index (κ1) is 24.8. The monoisotopic (exact) mass is 503 g/mol. The summed E-state index contributed by atoms with van der Waals surface area (Å²) in [4.78, 5) is 41.7. The predicted octanol–water partition coefficient (Wildman–Crippen LogP) is 5.27. The van der Waals surface area contributed by atoms with Crippen molar-refractivity contribution < 1.29 is 19.1 Å². The van der Waals surface area contributed by atoms with Gasteiger partial charge in [-0.05, 0) is 50.2 Å². The van der Waals surface area contributed by atoms with Crippen LogP contribution in [0.3, 0.4) is 0 Å². The summed E-state index contributed by atoms with van der Waals surface area (Å²) in [5.74, 6) is -0.842. The van der Waals surface area contributed by atoms with Crippen LogP contribution in [0.2, 0.25) is 5.02 Å². The summed E-state index contributed by atoms with van der Waals surface area (Å²) >= 11 is 8.56. The van der Waals surface area contributed by atoms with Crippen LogP contribution in [0.4, 0.5) is 10.8 Å². The number of amides is 2. The number of benzene rings is 2. The summed E-state index contributed by atoms with van der Waals surface area (Å²) < 4.78 is 4.91. The van der Waals surface area contributed by atoms with Crippen LogP contribution in [-0.4, -0.2) is 34.6 Å². The van der Waals surface area contributed by atoms with Crippen LogP contribution in [0.5, 0.6) is 0 Å². The van der Waals surface area contributed by atoms with Crippen LogP contribution in [0.1, 0.15) is 29.9 Å². The zero-order valence-electron chi connectivity index (χ0n) is 18.0. The van der Waals surface area contributed by atoms with E-state index < -0.39 is 5.25 Å². The number of esters is 1. The average molecular weight is 504 g/mol. The fourth-order valence-corrected chi connectivity index (χ4v) is 4.58. The van der Waals surface area contributed by atoms with Gasteiger partial charge in [0.25, 0.3) is 5.91 Å². The first-order chi connectivity index (χ1) is 15.8. The van der Waals surface area contributed by atoms with E-state index in [2.05, 4.69) is 15.6 Å². The minimum Gasteiger partial charge on any atom is -0.466 e. The number of carbonyl (C=O) groups excluding carboxylic acids is 3. The molecule has 1 heterocycles. The third-order valence-electron chi connectivity index (χ3n) is 4.27. The molecule has 0 aliphatic rings. The first-order valence-corrected chi connectivity index (χ1v) is 12.2. The number of anilines is 2. The average Bonchev–Trinajstić information content (AvgIpc) is 3.20. The molecule has 1 atom stereocenters. The van der Waals surface area contributed by atoms with Gasteiger partial charge in [0.15, 0.2) is 5.13 Å². The number of ether oxygens (including phenoxy) is 1. The Morgan fingerprint density at radius 2 is 1.94 bits per heavy atom. The van der Waals surface area contributed by atoms with E-state index in [1.807, 2.05) is 12.1 Å². The molecular weight excluding hydrogens is 482 g/mol. The summed E-state index contributed by atoms with van der Waals surface area (Å²) in [5.41, 5.74) is 1.62. The molecule has 10 heteroatoms. The van der Waals surface area contributed by atoms with E-state index in [-0.39, 0.29) is 24.2 Å². The third-order valence-corrected chi connectivity index (χ3v) is 6.41.